The van der Waals surface area contributed by atoms with E-state index >= 15 is 0 Å². The average Bonchev–Trinajstić information content (AvgIpc) is 3.47. The predicted octanol–water partition coefficient (Wildman–Crippen LogP) is 4.80. The smallest absolute Gasteiger partial charge is 0.266 e. The summed E-state index contributed by atoms with van der Waals surface area (Å²) in [7, 11) is 1.56. The van der Waals surface area contributed by atoms with E-state index in [0.29, 0.717) is 46.7 Å². The number of carbonyl (C=O) groups is 1. The van der Waals surface area contributed by atoms with Crippen LogP contribution in [0.15, 0.2) is 55.1 Å². The molecule has 0 saturated heterocycles. The van der Waals surface area contributed by atoms with E-state index in [9.17, 15) is 9.18 Å². The maximum absolute atomic E-state index is 13.1. The number of hydrogen-bond acceptors (Lipinski definition) is 6. The fourth-order valence-corrected chi connectivity index (χ4v) is 4.43. The summed E-state index contributed by atoms with van der Waals surface area (Å²) in [5.41, 5.74) is 0.604. The number of carbonyl (C=O) groups excluding carboxylic acids is 1. The van der Waals surface area contributed by atoms with E-state index in [0.717, 1.165) is 4.70 Å². The molecule has 2 aromatic heterocycles. The number of nitrogens with zero attached hydrogens (tertiary/aromatic N) is 4. The normalized spacial score (nSPS) is 11.0. The monoisotopic (exact) mass is 474 g/mol. The van der Waals surface area contributed by atoms with Crippen LogP contribution in [0.25, 0.3) is 10.2 Å². The van der Waals surface area contributed by atoms with Gasteiger partial charge in [-0.1, -0.05) is 22.9 Å². The van der Waals surface area contributed by atoms with Crippen LogP contribution in [-0.2, 0) is 11.3 Å². The molecule has 166 valence electrons. The molecule has 7 nitrogen and oxygen atoms in total. The van der Waals surface area contributed by atoms with Crippen molar-refractivity contribution in [2.45, 2.75) is 13.0 Å². The van der Waals surface area contributed by atoms with E-state index in [2.05, 4.69) is 9.97 Å². The van der Waals surface area contributed by atoms with Crippen LogP contribution in [0.3, 0.4) is 0 Å². The van der Waals surface area contributed by atoms with Gasteiger partial charge >= 0.3 is 0 Å². The van der Waals surface area contributed by atoms with E-state index in [1.807, 2.05) is 10.8 Å². The minimum Gasteiger partial charge on any atom is -0.494 e. The summed E-state index contributed by atoms with van der Waals surface area (Å²) in [4.78, 5) is 23.4. The third-order valence-corrected chi connectivity index (χ3v) is 6.27. The molecule has 32 heavy (non-hydrogen) atoms. The molecule has 0 aliphatic heterocycles. The molecule has 0 aliphatic carbocycles. The zero-order valence-corrected chi connectivity index (χ0v) is 18.8. The lowest BCUT2D eigenvalue weighted by molar-refractivity contribution is -0.120. The van der Waals surface area contributed by atoms with Crippen molar-refractivity contribution in [1.82, 2.24) is 14.5 Å². The lowest BCUT2D eigenvalue weighted by Gasteiger charge is -2.20. The number of anilines is 1. The van der Waals surface area contributed by atoms with Crippen LogP contribution in [-0.4, -0.2) is 40.7 Å². The lowest BCUT2D eigenvalue weighted by Crippen LogP contribution is -2.36. The van der Waals surface area contributed by atoms with Crippen LogP contribution in [0, 0.1) is 5.82 Å². The molecule has 2 heterocycles. The van der Waals surface area contributed by atoms with Crippen molar-refractivity contribution in [3.8, 4) is 11.5 Å². The van der Waals surface area contributed by atoms with Crippen molar-refractivity contribution < 1.29 is 18.7 Å². The number of rotatable bonds is 9. The summed E-state index contributed by atoms with van der Waals surface area (Å²) in [5.74, 6) is 0.353. The van der Waals surface area contributed by atoms with Crippen LogP contribution in [0.2, 0.25) is 5.02 Å². The molecular weight excluding hydrogens is 455 g/mol. The summed E-state index contributed by atoms with van der Waals surface area (Å²) < 4.78 is 26.8. The summed E-state index contributed by atoms with van der Waals surface area (Å²) in [6, 6.07) is 9.02. The molecule has 0 atom stereocenters. The molecule has 0 radical (unpaired) electrons. The average molecular weight is 475 g/mol. The van der Waals surface area contributed by atoms with Crippen LogP contribution in [0.1, 0.15) is 6.42 Å². The SMILES string of the molecule is COc1ccc(Cl)c2sc(N(CCCn3ccnc3)C(=O)COc3ccc(F)cc3)nc12. The Hall–Kier alpha value is -3.17. The number of thiazole rings is 1. The van der Waals surface area contributed by atoms with E-state index < -0.39 is 0 Å². The fourth-order valence-electron chi connectivity index (χ4n) is 3.13. The summed E-state index contributed by atoms with van der Waals surface area (Å²) in [6.07, 6.45) is 5.99. The van der Waals surface area contributed by atoms with Gasteiger partial charge < -0.3 is 14.0 Å². The maximum Gasteiger partial charge on any atom is 0.266 e. The molecule has 0 aliphatic rings. The van der Waals surface area contributed by atoms with Gasteiger partial charge in [-0.25, -0.2) is 14.4 Å². The zero-order valence-electron chi connectivity index (χ0n) is 17.2. The highest BCUT2D eigenvalue weighted by Gasteiger charge is 2.22. The second-order valence-corrected chi connectivity index (χ2v) is 8.25. The van der Waals surface area contributed by atoms with Gasteiger partial charge in [-0.2, -0.15) is 0 Å². The van der Waals surface area contributed by atoms with Gasteiger partial charge in [-0.05, 0) is 42.8 Å². The molecule has 0 unspecified atom stereocenters. The number of fused-ring (bicyclic) bond motifs is 1. The van der Waals surface area contributed by atoms with Crippen LogP contribution in [0.5, 0.6) is 11.5 Å². The van der Waals surface area contributed by atoms with Gasteiger partial charge in [0.25, 0.3) is 5.91 Å². The second kappa shape index (κ2) is 9.97. The largest absolute Gasteiger partial charge is 0.494 e. The summed E-state index contributed by atoms with van der Waals surface area (Å²) >= 11 is 7.67. The first-order chi connectivity index (χ1) is 15.5. The van der Waals surface area contributed by atoms with Gasteiger partial charge in [-0.3, -0.25) is 9.69 Å². The number of halogens is 2. The van der Waals surface area contributed by atoms with Gasteiger partial charge in [-0.15, -0.1) is 0 Å². The Morgan fingerprint density at radius 2 is 2.06 bits per heavy atom. The fraction of sp³-hybridized carbons (Fsp3) is 0.227. The number of ether oxygens (including phenoxy) is 2. The molecule has 0 fully saturated rings. The van der Waals surface area contributed by atoms with Crippen molar-refractivity contribution >= 4 is 44.2 Å². The number of hydrogen-bond donors (Lipinski definition) is 0. The third kappa shape index (κ3) is 5.00. The Kier molecular flexibility index (Phi) is 6.87. The maximum atomic E-state index is 13.1. The van der Waals surface area contributed by atoms with Crippen molar-refractivity contribution in [1.29, 1.82) is 0 Å². The Balaban J connectivity index is 1.56. The first-order valence-electron chi connectivity index (χ1n) is 9.82. The van der Waals surface area contributed by atoms with Gasteiger partial charge in [0.2, 0.25) is 0 Å². The standard InChI is InChI=1S/C22H20ClFN4O3S/c1-30-18-8-7-17(23)21-20(18)26-22(32-21)28(11-2-10-27-12-9-25-14-27)19(29)13-31-16-5-3-15(24)4-6-16/h3-9,12,14H,2,10-11,13H2,1H3. The molecule has 1 amide bonds. The van der Waals surface area contributed by atoms with E-state index in [1.54, 1.807) is 36.7 Å². The lowest BCUT2D eigenvalue weighted by atomic mass is 10.3. The third-order valence-electron chi connectivity index (χ3n) is 4.73. The van der Waals surface area contributed by atoms with Gasteiger partial charge in [0.05, 0.1) is 23.2 Å². The van der Waals surface area contributed by atoms with Crippen molar-refractivity contribution in [2.75, 3.05) is 25.2 Å². The predicted molar refractivity (Wildman–Crippen MR) is 122 cm³/mol. The number of methoxy groups -OCH3 is 1. The minimum absolute atomic E-state index is 0.211. The Morgan fingerprint density at radius 3 is 2.78 bits per heavy atom. The van der Waals surface area contributed by atoms with Gasteiger partial charge in [0, 0.05) is 25.5 Å². The summed E-state index contributed by atoms with van der Waals surface area (Å²) in [6.45, 7) is 0.901. The summed E-state index contributed by atoms with van der Waals surface area (Å²) in [5, 5.41) is 1.04. The van der Waals surface area contributed by atoms with Crippen molar-refractivity contribution in [2.24, 2.45) is 0 Å². The van der Waals surface area contributed by atoms with E-state index in [4.69, 9.17) is 21.1 Å². The molecule has 4 rings (SSSR count). The van der Waals surface area contributed by atoms with Crippen LogP contribution in [0.4, 0.5) is 9.52 Å². The quantitative estimate of drug-likeness (QED) is 0.348. The van der Waals surface area contributed by atoms with E-state index in [-0.39, 0.29) is 18.3 Å². The highest BCUT2D eigenvalue weighted by molar-refractivity contribution is 7.23. The molecular formula is C22H20ClFN4O3S. The molecule has 0 saturated carbocycles. The minimum atomic E-state index is -0.370. The molecule has 0 bridgehead atoms. The first-order valence-corrected chi connectivity index (χ1v) is 11.0. The van der Waals surface area contributed by atoms with Crippen LogP contribution < -0.4 is 14.4 Å². The molecule has 2 aromatic carbocycles. The second-order valence-electron chi connectivity index (χ2n) is 6.87. The number of aryl methyl sites for hydroxylation is 1. The van der Waals surface area contributed by atoms with Crippen molar-refractivity contribution in [3.63, 3.8) is 0 Å². The highest BCUT2D eigenvalue weighted by atomic mass is 35.5. The molecule has 0 N–H and O–H groups in total. The van der Waals surface area contributed by atoms with Gasteiger partial charge in [0.15, 0.2) is 11.7 Å². The van der Waals surface area contributed by atoms with Crippen LogP contribution >= 0.6 is 22.9 Å². The Morgan fingerprint density at radius 1 is 1.25 bits per heavy atom. The molecule has 0 spiro atoms. The topological polar surface area (TPSA) is 69.5 Å². The van der Waals surface area contributed by atoms with Crippen molar-refractivity contribution in [3.05, 3.63) is 66.0 Å². The molecule has 10 heteroatoms. The zero-order chi connectivity index (χ0) is 22.5. The molecule has 4 aromatic rings. The first kappa shape index (κ1) is 22.0. The van der Waals surface area contributed by atoms with E-state index in [1.165, 1.54) is 35.6 Å². The number of aromatic nitrogens is 3. The Labute approximate surface area is 193 Å². The van der Waals surface area contributed by atoms with Gasteiger partial charge in [0.1, 0.15) is 22.8 Å². The highest BCUT2D eigenvalue weighted by Crippen LogP contribution is 2.38. The number of benzene rings is 2. The Bertz CT molecular complexity index is 1200. The number of imidazole rings is 1. The number of amides is 1.